The van der Waals surface area contributed by atoms with Gasteiger partial charge in [-0.15, -0.1) is 0 Å². The van der Waals surface area contributed by atoms with Gasteiger partial charge in [0.2, 0.25) is 5.91 Å². The highest BCUT2D eigenvalue weighted by atomic mass is 28.4. The molecule has 0 aliphatic carbocycles. The van der Waals surface area contributed by atoms with Gasteiger partial charge in [-0.1, -0.05) is 81.4 Å². The van der Waals surface area contributed by atoms with E-state index < -0.39 is 67.9 Å². The number of ether oxygens (including phenoxy) is 2. The average molecular weight is 562 g/mol. The highest BCUT2D eigenvalue weighted by Gasteiger charge is 2.55. The van der Waals surface area contributed by atoms with Crippen LogP contribution in [0.4, 0.5) is 0 Å². The second-order valence-corrected chi connectivity index (χ2v) is 15.2. The summed E-state index contributed by atoms with van der Waals surface area (Å²) in [6.07, 6.45) is -7.02. The lowest BCUT2D eigenvalue weighted by molar-refractivity contribution is -0.296. The number of benzene rings is 2. The van der Waals surface area contributed by atoms with Crippen LogP contribution in [0.25, 0.3) is 0 Å². The predicted molar refractivity (Wildman–Crippen MR) is 146 cm³/mol. The van der Waals surface area contributed by atoms with E-state index in [1.807, 2.05) is 60.7 Å². The second kappa shape index (κ2) is 12.3. The van der Waals surface area contributed by atoms with Crippen molar-refractivity contribution in [1.82, 2.24) is 5.32 Å². The lowest BCUT2D eigenvalue weighted by Crippen LogP contribution is -2.69. The van der Waals surface area contributed by atoms with Gasteiger partial charge in [-0.3, -0.25) is 4.79 Å². The van der Waals surface area contributed by atoms with Crippen LogP contribution in [0.1, 0.15) is 34.1 Å². The fourth-order valence-electron chi connectivity index (χ4n) is 5.25. The van der Waals surface area contributed by atoms with Crippen molar-refractivity contribution >= 4 is 30.6 Å². The molecule has 1 heterocycles. The lowest BCUT2D eigenvalue weighted by atomic mass is 9.88. The smallest absolute Gasteiger partial charge is 0.366 e. The normalized spacial score (nSPS) is 25.4. The molecule has 1 fully saturated rings. The van der Waals surface area contributed by atoms with Gasteiger partial charge in [-0.25, -0.2) is 4.79 Å². The van der Waals surface area contributed by atoms with Gasteiger partial charge in [0.15, 0.2) is 0 Å². The number of esters is 1. The number of carbonyl (C=O) groups excluding carboxylic acids is 2. The van der Waals surface area contributed by atoms with Crippen molar-refractivity contribution in [3.8, 4) is 0 Å². The summed E-state index contributed by atoms with van der Waals surface area (Å²) in [5, 5.41) is 47.8. The summed E-state index contributed by atoms with van der Waals surface area (Å²) in [6, 6.07) is 18.2. The zero-order valence-electron chi connectivity index (χ0n) is 22.9. The van der Waals surface area contributed by atoms with Crippen LogP contribution in [0.3, 0.4) is 0 Å². The maximum atomic E-state index is 12.2. The van der Waals surface area contributed by atoms with E-state index in [0.717, 1.165) is 17.5 Å². The predicted octanol–water partition coefficient (Wildman–Crippen LogP) is -0.199. The summed E-state index contributed by atoms with van der Waals surface area (Å²) in [7, 11) is -2.04. The third-order valence-electron chi connectivity index (χ3n) is 7.08. The number of hydrogen-bond donors (Lipinski definition) is 5. The monoisotopic (exact) mass is 561 g/mol. The first-order valence-corrected chi connectivity index (χ1v) is 14.7. The van der Waals surface area contributed by atoms with E-state index in [2.05, 4.69) is 30.8 Å². The molecule has 6 atom stereocenters. The Labute approximate surface area is 229 Å². The van der Waals surface area contributed by atoms with Crippen molar-refractivity contribution in [2.75, 3.05) is 13.7 Å². The Bertz CT molecular complexity index is 1070. The molecule has 0 aromatic heterocycles. The molecule has 1 saturated heterocycles. The van der Waals surface area contributed by atoms with E-state index in [1.165, 1.54) is 6.92 Å². The Hall–Kier alpha value is -2.64. The van der Waals surface area contributed by atoms with Gasteiger partial charge in [0.05, 0.1) is 25.9 Å². The number of aliphatic hydroxyl groups excluding tert-OH is 3. The van der Waals surface area contributed by atoms with E-state index in [0.29, 0.717) is 0 Å². The average Bonchev–Trinajstić information content (AvgIpc) is 2.89. The SMILES string of the molecule is COC(=O)[C@]1(O)C[C@H](O)[C@@H](NC(C)=O)[C@H]([C@H](O)[C@H](O)CO[Si](c2ccccc2)(c2ccccc2)C(C)(C)C)O1. The first-order valence-electron chi connectivity index (χ1n) is 12.8. The first kappa shape index (κ1) is 30.9. The van der Waals surface area contributed by atoms with Crippen molar-refractivity contribution in [2.45, 2.75) is 75.4 Å². The number of methoxy groups -OCH3 is 1. The standard InChI is InChI=1S/C28H39NO9Si/c1-18(30)29-23-21(31)16-28(35,26(34)36-5)38-25(23)24(33)22(32)17-37-39(27(2,3)4,19-12-8-6-9-13-19)20-14-10-7-11-15-20/h6-15,21-25,31-33,35H,16-17H2,1-5H3,(H,29,30)/t21-,22+,23+,24+,25+,28-/m0/s1. The Morgan fingerprint density at radius 3 is 2.03 bits per heavy atom. The largest absolute Gasteiger partial charge is 0.465 e. The minimum absolute atomic E-state index is 0.339. The van der Waals surface area contributed by atoms with Crippen LogP contribution in [-0.2, 0) is 23.5 Å². The maximum absolute atomic E-state index is 12.2. The topological polar surface area (TPSA) is 155 Å². The molecule has 1 aliphatic rings. The number of amides is 1. The summed E-state index contributed by atoms with van der Waals surface area (Å²) in [4.78, 5) is 24.1. The molecule has 0 spiro atoms. The van der Waals surface area contributed by atoms with E-state index in [-0.39, 0.29) is 6.61 Å². The van der Waals surface area contributed by atoms with E-state index in [9.17, 15) is 30.0 Å². The van der Waals surface area contributed by atoms with Crippen LogP contribution < -0.4 is 15.7 Å². The molecule has 1 aliphatic heterocycles. The highest BCUT2D eigenvalue weighted by Crippen LogP contribution is 2.37. The Balaban J connectivity index is 1.96. The fourth-order valence-corrected chi connectivity index (χ4v) is 9.83. The zero-order chi connectivity index (χ0) is 29.0. The molecule has 0 radical (unpaired) electrons. The van der Waals surface area contributed by atoms with Gasteiger partial charge >= 0.3 is 5.97 Å². The third kappa shape index (κ3) is 6.41. The van der Waals surface area contributed by atoms with Crippen molar-refractivity contribution in [3.63, 3.8) is 0 Å². The van der Waals surface area contributed by atoms with Crippen molar-refractivity contribution < 1.29 is 43.9 Å². The Kier molecular flexibility index (Phi) is 9.71. The zero-order valence-corrected chi connectivity index (χ0v) is 23.9. The highest BCUT2D eigenvalue weighted by molar-refractivity contribution is 6.99. The summed E-state index contributed by atoms with van der Waals surface area (Å²) in [6.45, 7) is 7.05. The van der Waals surface area contributed by atoms with Crippen LogP contribution in [0.15, 0.2) is 60.7 Å². The Morgan fingerprint density at radius 2 is 1.59 bits per heavy atom. The first-order chi connectivity index (χ1) is 18.3. The van der Waals surface area contributed by atoms with Crippen molar-refractivity contribution in [2.24, 2.45) is 0 Å². The second-order valence-electron chi connectivity index (χ2n) is 10.9. The van der Waals surface area contributed by atoms with Crippen molar-refractivity contribution in [3.05, 3.63) is 60.7 Å². The molecule has 0 saturated carbocycles. The van der Waals surface area contributed by atoms with Crippen LogP contribution in [0.2, 0.25) is 5.04 Å². The van der Waals surface area contributed by atoms with Crippen LogP contribution in [0, 0.1) is 0 Å². The number of carbonyl (C=O) groups is 2. The molecular weight excluding hydrogens is 522 g/mol. The van der Waals surface area contributed by atoms with Gasteiger partial charge in [0.25, 0.3) is 14.1 Å². The van der Waals surface area contributed by atoms with E-state index >= 15 is 0 Å². The van der Waals surface area contributed by atoms with Crippen LogP contribution in [0.5, 0.6) is 0 Å². The quantitative estimate of drug-likeness (QED) is 0.207. The van der Waals surface area contributed by atoms with Crippen LogP contribution >= 0.6 is 0 Å². The molecule has 5 N–H and O–H groups in total. The number of hydrogen-bond acceptors (Lipinski definition) is 9. The van der Waals surface area contributed by atoms with Crippen LogP contribution in [-0.4, -0.2) is 90.6 Å². The molecule has 3 rings (SSSR count). The van der Waals surface area contributed by atoms with Gasteiger partial charge < -0.3 is 39.6 Å². The van der Waals surface area contributed by atoms with Gasteiger partial charge in [0.1, 0.15) is 18.3 Å². The van der Waals surface area contributed by atoms with E-state index in [1.54, 1.807) is 0 Å². The number of aliphatic hydroxyl groups is 4. The van der Waals surface area contributed by atoms with Crippen molar-refractivity contribution in [1.29, 1.82) is 0 Å². The lowest BCUT2D eigenvalue weighted by Gasteiger charge is -2.46. The number of nitrogens with one attached hydrogen (secondary N) is 1. The molecule has 2 aromatic rings. The molecule has 2 aromatic carbocycles. The molecule has 11 heteroatoms. The summed E-state index contributed by atoms with van der Waals surface area (Å²) >= 11 is 0. The molecule has 1 amide bonds. The third-order valence-corrected chi connectivity index (χ3v) is 12.1. The van der Waals surface area contributed by atoms with Gasteiger partial charge in [-0.2, -0.15) is 0 Å². The molecule has 10 nitrogen and oxygen atoms in total. The maximum Gasteiger partial charge on any atom is 0.366 e. The molecule has 0 bridgehead atoms. The molecular formula is C28H39NO9Si. The fraction of sp³-hybridized carbons (Fsp3) is 0.500. The summed E-state index contributed by atoms with van der Waals surface area (Å²) < 4.78 is 16.8. The molecule has 0 unspecified atom stereocenters. The minimum atomic E-state index is -3.07. The van der Waals surface area contributed by atoms with Gasteiger partial charge in [0, 0.05) is 13.3 Å². The Morgan fingerprint density at radius 1 is 1.08 bits per heavy atom. The summed E-state index contributed by atoms with van der Waals surface area (Å²) in [5.74, 6) is -4.31. The van der Waals surface area contributed by atoms with Gasteiger partial charge in [-0.05, 0) is 15.4 Å². The number of rotatable bonds is 9. The summed E-state index contributed by atoms with van der Waals surface area (Å²) in [5.41, 5.74) is 0. The van der Waals surface area contributed by atoms with E-state index in [4.69, 9.17) is 9.16 Å². The minimum Gasteiger partial charge on any atom is -0.465 e. The molecule has 214 valence electrons. The molecule has 39 heavy (non-hydrogen) atoms.